The molecule has 1 heterocycles. The van der Waals surface area contributed by atoms with Crippen molar-refractivity contribution in [3.05, 3.63) is 11.8 Å². The highest BCUT2D eigenvalue weighted by Gasteiger charge is 2.37. The zero-order valence-electron chi connectivity index (χ0n) is 5.22. The Morgan fingerprint density at radius 3 is 2.45 bits per heavy atom. The zero-order chi connectivity index (χ0) is 8.48. The molecule has 0 aliphatic carbocycles. The predicted octanol–water partition coefficient (Wildman–Crippen LogP) is 0.775. The minimum atomic E-state index is -4.54. The first-order chi connectivity index (χ1) is 5.00. The maximum absolute atomic E-state index is 11.8. The molecule has 0 unspecified atom stereocenters. The van der Waals surface area contributed by atoms with Gasteiger partial charge < -0.3 is 0 Å². The van der Waals surface area contributed by atoms with E-state index in [2.05, 4.69) is 10.6 Å². The van der Waals surface area contributed by atoms with Crippen LogP contribution in [0.5, 0.6) is 0 Å². The quantitative estimate of drug-likeness (QED) is 0.521. The zero-order valence-corrected chi connectivity index (χ0v) is 5.22. The van der Waals surface area contributed by atoms with Gasteiger partial charge in [0.2, 0.25) is 0 Å². The Morgan fingerprint density at radius 2 is 2.09 bits per heavy atom. The fourth-order valence-electron chi connectivity index (χ4n) is 0.573. The first kappa shape index (κ1) is 7.90. The number of allylic oxidation sites excluding steroid dienone is 1. The van der Waals surface area contributed by atoms with Gasteiger partial charge in [-0.15, -0.1) is 0 Å². The largest absolute Gasteiger partial charge is 0.433 e. The normalized spacial score (nSPS) is 18.5. The summed E-state index contributed by atoms with van der Waals surface area (Å²) in [6, 6.07) is -1.07. The molecule has 60 valence electrons. The molecule has 2 radical (unpaired) electrons. The molecule has 0 aromatic heterocycles. The molecule has 0 aromatic carbocycles. The SMILES string of the molecule is O=C1[N]CC=C(C(F)(F)F)[N]1. The van der Waals surface area contributed by atoms with E-state index in [1.807, 2.05) is 0 Å². The van der Waals surface area contributed by atoms with Crippen LogP contribution in [-0.2, 0) is 0 Å². The third kappa shape index (κ3) is 1.86. The van der Waals surface area contributed by atoms with Crippen LogP contribution in [0.1, 0.15) is 0 Å². The highest BCUT2D eigenvalue weighted by molar-refractivity contribution is 5.76. The number of hydrogen-bond acceptors (Lipinski definition) is 1. The van der Waals surface area contributed by atoms with Crippen molar-refractivity contribution in [3.63, 3.8) is 0 Å². The first-order valence-electron chi connectivity index (χ1n) is 2.71. The number of carbonyl (C=O) groups excluding carboxylic acids is 1. The average Bonchev–Trinajstić information content (AvgIpc) is 1.86. The van der Waals surface area contributed by atoms with Gasteiger partial charge in [0.15, 0.2) is 0 Å². The van der Waals surface area contributed by atoms with Crippen LogP contribution < -0.4 is 10.6 Å². The van der Waals surface area contributed by atoms with E-state index in [1.54, 1.807) is 0 Å². The van der Waals surface area contributed by atoms with Gasteiger partial charge >= 0.3 is 12.2 Å². The Bertz CT molecular complexity index is 208. The third-order valence-electron chi connectivity index (χ3n) is 1.02. The van der Waals surface area contributed by atoms with Crippen molar-refractivity contribution in [3.8, 4) is 0 Å². The highest BCUT2D eigenvalue weighted by atomic mass is 19.4. The van der Waals surface area contributed by atoms with Gasteiger partial charge in [-0.2, -0.15) is 18.5 Å². The molecule has 0 fully saturated rings. The monoisotopic (exact) mass is 164 g/mol. The number of urea groups is 1. The molecule has 0 saturated carbocycles. The minimum absolute atomic E-state index is 0.239. The second-order valence-electron chi connectivity index (χ2n) is 1.82. The van der Waals surface area contributed by atoms with Crippen LogP contribution in [0.15, 0.2) is 11.8 Å². The van der Waals surface area contributed by atoms with Crippen LogP contribution >= 0.6 is 0 Å². The van der Waals surface area contributed by atoms with Crippen molar-refractivity contribution >= 4 is 6.03 Å². The Hall–Kier alpha value is -1.20. The van der Waals surface area contributed by atoms with Gasteiger partial charge in [0.1, 0.15) is 5.70 Å². The number of carbonyl (C=O) groups is 1. The Morgan fingerprint density at radius 1 is 1.45 bits per heavy atom. The molecule has 0 aromatic rings. The molecular weight excluding hydrogens is 161 g/mol. The van der Waals surface area contributed by atoms with Crippen LogP contribution in [0.3, 0.4) is 0 Å². The molecular formula is C5H3F3N2O. The number of halogens is 3. The molecule has 3 nitrogen and oxygen atoms in total. The summed E-state index contributed by atoms with van der Waals surface area (Å²) in [7, 11) is 0. The van der Waals surface area contributed by atoms with Gasteiger partial charge in [0, 0.05) is 0 Å². The second-order valence-corrected chi connectivity index (χ2v) is 1.82. The lowest BCUT2D eigenvalue weighted by atomic mass is 10.3. The van der Waals surface area contributed by atoms with Crippen molar-refractivity contribution in [2.24, 2.45) is 0 Å². The van der Waals surface area contributed by atoms with E-state index in [0.29, 0.717) is 0 Å². The minimum Gasteiger partial charge on any atom is -0.244 e. The Balaban J connectivity index is 2.73. The lowest BCUT2D eigenvalue weighted by Gasteiger charge is -2.13. The molecule has 0 N–H and O–H groups in total. The van der Waals surface area contributed by atoms with Crippen molar-refractivity contribution in [1.29, 1.82) is 0 Å². The van der Waals surface area contributed by atoms with Gasteiger partial charge in [-0.05, 0) is 6.08 Å². The Labute approximate surface area is 60.3 Å². The van der Waals surface area contributed by atoms with E-state index in [-0.39, 0.29) is 6.54 Å². The van der Waals surface area contributed by atoms with Crippen LogP contribution in [0.25, 0.3) is 0 Å². The van der Waals surface area contributed by atoms with Crippen LogP contribution in [0.4, 0.5) is 18.0 Å². The van der Waals surface area contributed by atoms with Gasteiger partial charge in [-0.1, -0.05) is 0 Å². The fraction of sp³-hybridized carbons (Fsp3) is 0.400. The third-order valence-corrected chi connectivity index (χ3v) is 1.02. The van der Waals surface area contributed by atoms with E-state index in [0.717, 1.165) is 6.08 Å². The van der Waals surface area contributed by atoms with Crippen LogP contribution in [0.2, 0.25) is 0 Å². The average molecular weight is 164 g/mol. The van der Waals surface area contributed by atoms with Gasteiger partial charge in [-0.3, -0.25) is 0 Å². The predicted molar refractivity (Wildman–Crippen MR) is 28.7 cm³/mol. The molecule has 6 heteroatoms. The summed E-state index contributed by atoms with van der Waals surface area (Å²) in [5.41, 5.74) is -1.16. The summed E-state index contributed by atoms with van der Waals surface area (Å²) in [5.74, 6) is 0. The Kier molecular flexibility index (Phi) is 1.76. The summed E-state index contributed by atoms with van der Waals surface area (Å²) < 4.78 is 35.3. The lowest BCUT2D eigenvalue weighted by molar-refractivity contribution is -0.0964. The molecule has 0 saturated heterocycles. The van der Waals surface area contributed by atoms with E-state index in [4.69, 9.17) is 0 Å². The number of amides is 2. The molecule has 1 aliphatic rings. The van der Waals surface area contributed by atoms with Crippen molar-refractivity contribution in [2.45, 2.75) is 6.18 Å². The molecule has 2 amide bonds. The van der Waals surface area contributed by atoms with Crippen molar-refractivity contribution < 1.29 is 18.0 Å². The van der Waals surface area contributed by atoms with E-state index in [9.17, 15) is 18.0 Å². The number of nitrogens with zero attached hydrogens (tertiary/aromatic N) is 2. The highest BCUT2D eigenvalue weighted by Crippen LogP contribution is 2.24. The van der Waals surface area contributed by atoms with Crippen LogP contribution in [-0.4, -0.2) is 18.8 Å². The van der Waals surface area contributed by atoms with E-state index in [1.165, 1.54) is 0 Å². The molecule has 0 spiro atoms. The van der Waals surface area contributed by atoms with Gasteiger partial charge in [0.25, 0.3) is 0 Å². The van der Waals surface area contributed by atoms with Gasteiger partial charge in [0.05, 0.1) is 6.54 Å². The molecule has 0 bridgehead atoms. The number of hydrogen-bond donors (Lipinski definition) is 0. The van der Waals surface area contributed by atoms with E-state index < -0.39 is 17.9 Å². The maximum atomic E-state index is 11.8. The molecule has 1 aliphatic heterocycles. The second kappa shape index (κ2) is 2.44. The van der Waals surface area contributed by atoms with Crippen molar-refractivity contribution in [2.75, 3.05) is 6.54 Å². The first-order valence-corrected chi connectivity index (χ1v) is 2.71. The smallest absolute Gasteiger partial charge is 0.244 e. The van der Waals surface area contributed by atoms with Crippen LogP contribution in [0, 0.1) is 0 Å². The topological polar surface area (TPSA) is 45.3 Å². The number of rotatable bonds is 0. The van der Waals surface area contributed by atoms with Crippen molar-refractivity contribution in [1.82, 2.24) is 10.6 Å². The van der Waals surface area contributed by atoms with E-state index >= 15 is 0 Å². The molecule has 1 rings (SSSR count). The lowest BCUT2D eigenvalue weighted by Crippen LogP contribution is -2.35. The summed E-state index contributed by atoms with van der Waals surface area (Å²) in [6.07, 6.45) is -3.77. The maximum Gasteiger partial charge on any atom is 0.433 e. The summed E-state index contributed by atoms with van der Waals surface area (Å²) in [5, 5.41) is 5.80. The standard InChI is InChI=1S/C5H3F3N2O/c6-5(7,8)3-1-2-9-4(11)10-3/h1H,2H2. The molecule has 11 heavy (non-hydrogen) atoms. The molecule has 0 atom stereocenters. The number of alkyl halides is 3. The summed E-state index contributed by atoms with van der Waals surface area (Å²) >= 11 is 0. The van der Waals surface area contributed by atoms with Gasteiger partial charge in [-0.25, -0.2) is 10.1 Å². The summed E-state index contributed by atoms with van der Waals surface area (Å²) in [6.45, 7) is -0.239. The fourth-order valence-corrected chi connectivity index (χ4v) is 0.573. The summed E-state index contributed by atoms with van der Waals surface area (Å²) in [4.78, 5) is 10.2.